The zero-order valence-corrected chi connectivity index (χ0v) is 23.1. The first-order valence-electron chi connectivity index (χ1n) is 13.9. The first-order chi connectivity index (χ1) is 20.3. The van der Waals surface area contributed by atoms with Gasteiger partial charge in [-0.2, -0.15) is 9.97 Å². The monoisotopic (exact) mass is 577 g/mol. The summed E-state index contributed by atoms with van der Waals surface area (Å²) in [6.07, 6.45) is 8.89. The highest BCUT2D eigenvalue weighted by Gasteiger charge is 2.49. The molecule has 0 aliphatic carbocycles. The molecule has 218 valence electrons. The van der Waals surface area contributed by atoms with Crippen LogP contribution in [-0.2, 0) is 4.74 Å². The predicted molar refractivity (Wildman–Crippen MR) is 153 cm³/mol. The zero-order valence-electron chi connectivity index (χ0n) is 23.1. The maximum atomic E-state index is 16.4. The molecule has 0 unspecified atom stereocenters. The number of pyridine rings is 1. The second kappa shape index (κ2) is 11.3. The van der Waals surface area contributed by atoms with Crippen LogP contribution in [0.2, 0.25) is 0 Å². The largest absolute Gasteiger partial charge is 0.508 e. The first-order valence-corrected chi connectivity index (χ1v) is 13.9. The van der Waals surface area contributed by atoms with E-state index in [0.717, 1.165) is 19.4 Å². The van der Waals surface area contributed by atoms with Crippen LogP contribution in [0.25, 0.3) is 32.9 Å². The molecule has 4 heterocycles. The van der Waals surface area contributed by atoms with Crippen molar-refractivity contribution >= 4 is 27.5 Å². The van der Waals surface area contributed by atoms with Crippen molar-refractivity contribution in [1.82, 2.24) is 19.9 Å². The second-order valence-corrected chi connectivity index (χ2v) is 10.8. The predicted octanol–water partition coefficient (Wildman–Crippen LogP) is 5.21. The van der Waals surface area contributed by atoms with E-state index < -0.39 is 23.3 Å². The number of methoxy groups -OCH3 is 1. The molecule has 8 nitrogen and oxygen atoms in total. The lowest BCUT2D eigenvalue weighted by molar-refractivity contribution is 0.107. The molecule has 0 spiro atoms. The van der Waals surface area contributed by atoms with Gasteiger partial charge in [-0.15, -0.1) is 6.42 Å². The van der Waals surface area contributed by atoms with Gasteiger partial charge in [-0.05, 0) is 49.4 Å². The summed E-state index contributed by atoms with van der Waals surface area (Å²) >= 11 is 0. The van der Waals surface area contributed by atoms with E-state index in [1.165, 1.54) is 30.5 Å². The van der Waals surface area contributed by atoms with Gasteiger partial charge in [0.1, 0.15) is 41.4 Å². The fraction of sp³-hybridized carbons (Fsp3) is 0.387. The molecule has 0 radical (unpaired) electrons. The van der Waals surface area contributed by atoms with Crippen LogP contribution in [0.3, 0.4) is 0 Å². The molecule has 0 amide bonds. The number of hydrogen-bond donors (Lipinski definition) is 2. The second-order valence-electron chi connectivity index (χ2n) is 10.8. The number of ether oxygens (including phenoxy) is 2. The maximum absolute atomic E-state index is 16.4. The lowest BCUT2D eigenvalue weighted by Gasteiger charge is -2.30. The van der Waals surface area contributed by atoms with Gasteiger partial charge < -0.3 is 19.9 Å². The number of benzene rings is 2. The van der Waals surface area contributed by atoms with E-state index >= 15 is 4.39 Å². The summed E-state index contributed by atoms with van der Waals surface area (Å²) in [6, 6.07) is 5.31. The third kappa shape index (κ3) is 4.95. The highest BCUT2D eigenvalue weighted by atomic mass is 19.1. The minimum atomic E-state index is -0.926. The summed E-state index contributed by atoms with van der Waals surface area (Å²) in [7, 11) is 1.60. The van der Waals surface area contributed by atoms with Crippen LogP contribution in [0.1, 0.15) is 31.2 Å². The van der Waals surface area contributed by atoms with Crippen LogP contribution in [0.5, 0.6) is 11.8 Å². The SMILES string of the molecule is C#Cc1c(F)ccc2cc(O)cc(-c3ncc4c(NCCCOC)nc(OC[C@@]56CCCN5C[C@H](F)C6)nc4c3F)c12. The minimum absolute atomic E-state index is 0.0625. The number of phenols is 1. The number of terminal acetylenes is 1. The standard InChI is InChI=1S/C31H30F3N5O3/c1-3-21-24(33)7-6-18-12-20(40)13-22(25(18)21)27-26(34)28-23(15-36-27)29(35-9-5-11-41-2)38-30(37-28)42-17-31-8-4-10-39(31)16-19(32)14-31/h1,6-7,12-13,15,19,40H,4-5,8-11,14,16-17H2,2H3,(H,35,37,38)/t19-,31+/m1/s1. The van der Waals surface area contributed by atoms with Crippen LogP contribution < -0.4 is 10.1 Å². The third-order valence-corrected chi connectivity index (χ3v) is 8.16. The molecule has 4 aromatic rings. The van der Waals surface area contributed by atoms with Crippen molar-refractivity contribution in [2.24, 2.45) is 0 Å². The number of hydrogen-bond acceptors (Lipinski definition) is 8. The van der Waals surface area contributed by atoms with E-state index in [1.54, 1.807) is 7.11 Å². The number of nitrogens with one attached hydrogen (secondary N) is 1. The highest BCUT2D eigenvalue weighted by molar-refractivity contribution is 6.02. The smallest absolute Gasteiger partial charge is 0.319 e. The Labute approximate surface area is 240 Å². The number of rotatable bonds is 9. The lowest BCUT2D eigenvalue weighted by Crippen LogP contribution is -2.43. The number of anilines is 1. The van der Waals surface area contributed by atoms with E-state index in [4.69, 9.17) is 15.9 Å². The average Bonchev–Trinajstić information content (AvgIpc) is 3.50. The van der Waals surface area contributed by atoms with Crippen molar-refractivity contribution in [1.29, 1.82) is 0 Å². The molecule has 42 heavy (non-hydrogen) atoms. The maximum Gasteiger partial charge on any atom is 0.319 e. The zero-order chi connectivity index (χ0) is 29.4. The summed E-state index contributed by atoms with van der Waals surface area (Å²) < 4.78 is 56.6. The number of nitrogens with zero attached hydrogens (tertiary/aromatic N) is 4. The molecule has 2 N–H and O–H groups in total. The summed E-state index contributed by atoms with van der Waals surface area (Å²) in [5.41, 5.74) is -0.642. The third-order valence-electron chi connectivity index (χ3n) is 8.16. The molecule has 2 aliphatic rings. The fourth-order valence-corrected chi connectivity index (χ4v) is 6.25. The van der Waals surface area contributed by atoms with E-state index in [0.29, 0.717) is 49.1 Å². The molecular formula is C31H30F3N5O3. The number of aromatic hydroxyl groups is 1. The molecule has 11 heteroatoms. The Morgan fingerprint density at radius 1 is 1.26 bits per heavy atom. The number of halogens is 3. The summed E-state index contributed by atoms with van der Waals surface area (Å²) in [6.45, 7) is 2.33. The van der Waals surface area contributed by atoms with Crippen molar-refractivity contribution < 1.29 is 27.8 Å². The van der Waals surface area contributed by atoms with Crippen molar-refractivity contribution in [3.05, 3.63) is 47.7 Å². The molecule has 0 saturated carbocycles. The topological polar surface area (TPSA) is 92.6 Å². The molecule has 0 bridgehead atoms. The van der Waals surface area contributed by atoms with E-state index in [2.05, 4.69) is 31.1 Å². The molecule has 2 fully saturated rings. The van der Waals surface area contributed by atoms with Gasteiger partial charge >= 0.3 is 6.01 Å². The minimum Gasteiger partial charge on any atom is -0.508 e. The van der Waals surface area contributed by atoms with Crippen molar-refractivity contribution in [3.63, 3.8) is 0 Å². The summed E-state index contributed by atoms with van der Waals surface area (Å²) in [4.78, 5) is 15.4. The molecule has 6 rings (SSSR count). The van der Waals surface area contributed by atoms with Crippen LogP contribution in [0.15, 0.2) is 30.5 Å². The molecule has 2 atom stereocenters. The van der Waals surface area contributed by atoms with E-state index in [1.807, 2.05) is 0 Å². The molecule has 2 aromatic heterocycles. The Hall–Kier alpha value is -4.14. The van der Waals surface area contributed by atoms with Crippen molar-refractivity contribution in [2.75, 3.05) is 45.3 Å². The molecule has 2 aromatic carbocycles. The Balaban J connectivity index is 1.46. The normalized spacial score (nSPS) is 20.2. The quantitative estimate of drug-likeness (QED) is 0.207. The number of fused-ring (bicyclic) bond motifs is 3. The number of aromatic nitrogens is 3. The van der Waals surface area contributed by atoms with Gasteiger partial charge in [-0.3, -0.25) is 9.88 Å². The van der Waals surface area contributed by atoms with Gasteiger partial charge in [0.25, 0.3) is 0 Å². The van der Waals surface area contributed by atoms with Crippen LogP contribution >= 0.6 is 0 Å². The summed E-state index contributed by atoms with van der Waals surface area (Å²) in [5.74, 6) is 1.02. The van der Waals surface area contributed by atoms with Gasteiger partial charge in [0.15, 0.2) is 5.82 Å². The van der Waals surface area contributed by atoms with Crippen molar-refractivity contribution in [3.8, 4) is 35.4 Å². The lowest BCUT2D eigenvalue weighted by atomic mass is 9.95. The van der Waals surface area contributed by atoms with Gasteiger partial charge in [-0.25, -0.2) is 13.2 Å². The Morgan fingerprint density at radius 3 is 2.93 bits per heavy atom. The average molecular weight is 578 g/mol. The molecule has 2 aliphatic heterocycles. The fourth-order valence-electron chi connectivity index (χ4n) is 6.25. The van der Waals surface area contributed by atoms with Crippen LogP contribution in [0.4, 0.5) is 19.0 Å². The first kappa shape index (κ1) is 28.0. The van der Waals surface area contributed by atoms with Crippen LogP contribution in [-0.4, -0.2) is 76.6 Å². The summed E-state index contributed by atoms with van der Waals surface area (Å²) in [5, 5.41) is 14.6. The van der Waals surface area contributed by atoms with Gasteiger partial charge in [0.05, 0.1) is 16.5 Å². The Kier molecular flexibility index (Phi) is 7.51. The number of alkyl halides is 1. The Morgan fingerprint density at radius 2 is 2.12 bits per heavy atom. The van der Waals surface area contributed by atoms with Crippen LogP contribution in [0, 0.1) is 24.0 Å². The molecule has 2 saturated heterocycles. The van der Waals surface area contributed by atoms with Crippen molar-refractivity contribution in [2.45, 2.75) is 37.4 Å². The van der Waals surface area contributed by atoms with Gasteiger partial charge in [0.2, 0.25) is 0 Å². The van der Waals surface area contributed by atoms with E-state index in [-0.39, 0.29) is 46.1 Å². The van der Waals surface area contributed by atoms with Gasteiger partial charge in [-0.1, -0.05) is 12.0 Å². The number of phenolic OH excluding ortho intramolecular Hbond substituents is 1. The van der Waals surface area contributed by atoms with Gasteiger partial charge in [0, 0.05) is 50.4 Å². The molecular weight excluding hydrogens is 547 g/mol. The Bertz CT molecular complexity index is 1710. The highest BCUT2D eigenvalue weighted by Crippen LogP contribution is 2.41. The van der Waals surface area contributed by atoms with E-state index in [9.17, 15) is 13.9 Å².